The minimum Gasteiger partial charge on any atom is -0.302 e. The summed E-state index contributed by atoms with van der Waals surface area (Å²) in [4.78, 5) is 21.5. The largest absolute Gasteiger partial charge is 0.302 e. The third-order valence-corrected chi connectivity index (χ3v) is 4.11. The summed E-state index contributed by atoms with van der Waals surface area (Å²) in [6.07, 6.45) is 0. The highest BCUT2D eigenvalue weighted by Crippen LogP contribution is 2.30. The number of halogens is 1. The molecule has 5 heteroatoms. The van der Waals surface area contributed by atoms with Gasteiger partial charge in [0.15, 0.2) is 5.78 Å². The van der Waals surface area contributed by atoms with Crippen LogP contribution in [-0.2, 0) is 11.4 Å². The Bertz CT molecular complexity index is 923. The lowest BCUT2D eigenvalue weighted by Gasteiger charge is -2.15. The molecular formula is C20H19FN2O2. The van der Waals surface area contributed by atoms with E-state index in [2.05, 4.69) is 4.98 Å². The molecule has 25 heavy (non-hydrogen) atoms. The quantitative estimate of drug-likeness (QED) is 0.515. The second kappa shape index (κ2) is 7.09. The van der Waals surface area contributed by atoms with Crippen LogP contribution < -0.4 is 0 Å². The molecule has 0 aliphatic heterocycles. The van der Waals surface area contributed by atoms with Crippen LogP contribution >= 0.6 is 0 Å². The number of pyridine rings is 1. The van der Waals surface area contributed by atoms with E-state index >= 15 is 0 Å². The van der Waals surface area contributed by atoms with Gasteiger partial charge in [-0.3, -0.25) is 4.79 Å². The third-order valence-electron chi connectivity index (χ3n) is 4.11. The maximum absolute atomic E-state index is 13.2. The Labute approximate surface area is 145 Å². The predicted molar refractivity (Wildman–Crippen MR) is 95.6 cm³/mol. The molecule has 0 aliphatic carbocycles. The zero-order valence-electron chi connectivity index (χ0n) is 14.4. The molecule has 0 saturated carbocycles. The molecule has 0 atom stereocenters. The molecule has 3 aromatic rings. The average Bonchev–Trinajstić information content (AvgIpc) is 2.61. The van der Waals surface area contributed by atoms with Crippen molar-refractivity contribution in [2.75, 3.05) is 14.2 Å². The van der Waals surface area contributed by atoms with Gasteiger partial charge in [-0.25, -0.2) is 9.37 Å². The Balaban J connectivity index is 2.18. The van der Waals surface area contributed by atoms with E-state index < -0.39 is 0 Å². The number of carbonyl (C=O) groups is 1. The van der Waals surface area contributed by atoms with Crippen molar-refractivity contribution in [3.63, 3.8) is 0 Å². The molecule has 0 spiro atoms. The van der Waals surface area contributed by atoms with Crippen molar-refractivity contribution in [2.45, 2.75) is 13.5 Å². The summed E-state index contributed by atoms with van der Waals surface area (Å²) in [5.41, 5.74) is 3.85. The number of Topliss-reactive ketones (excluding diaryl/α,β-unsaturated/α-hetero) is 1. The fourth-order valence-electron chi connectivity index (χ4n) is 2.74. The second-order valence-corrected chi connectivity index (χ2v) is 5.94. The minimum atomic E-state index is -0.293. The van der Waals surface area contributed by atoms with E-state index in [-0.39, 0.29) is 11.6 Å². The summed E-state index contributed by atoms with van der Waals surface area (Å²) < 4.78 is 13.2. The van der Waals surface area contributed by atoms with Crippen LogP contribution in [0.3, 0.4) is 0 Å². The van der Waals surface area contributed by atoms with Crippen molar-refractivity contribution >= 4 is 16.7 Å². The van der Waals surface area contributed by atoms with Crippen molar-refractivity contribution in [2.24, 2.45) is 0 Å². The zero-order chi connectivity index (χ0) is 18.0. The maximum Gasteiger partial charge on any atom is 0.178 e. The normalized spacial score (nSPS) is 11.2. The van der Waals surface area contributed by atoms with Gasteiger partial charge in [0.05, 0.1) is 12.6 Å². The number of aromatic nitrogens is 1. The lowest BCUT2D eigenvalue weighted by molar-refractivity contribution is -0.116. The molecule has 128 valence electrons. The van der Waals surface area contributed by atoms with E-state index in [0.717, 1.165) is 27.6 Å². The summed E-state index contributed by atoms with van der Waals surface area (Å²) >= 11 is 0. The molecule has 0 bridgehead atoms. The summed E-state index contributed by atoms with van der Waals surface area (Å²) in [5.74, 6) is -0.400. The Morgan fingerprint density at radius 2 is 1.88 bits per heavy atom. The highest BCUT2D eigenvalue weighted by Gasteiger charge is 2.12. The van der Waals surface area contributed by atoms with E-state index in [1.165, 1.54) is 19.1 Å². The van der Waals surface area contributed by atoms with E-state index in [4.69, 9.17) is 4.84 Å². The van der Waals surface area contributed by atoms with Crippen LogP contribution in [0.15, 0.2) is 48.5 Å². The van der Waals surface area contributed by atoms with Crippen molar-refractivity contribution in [1.82, 2.24) is 10.0 Å². The first-order valence-corrected chi connectivity index (χ1v) is 7.93. The first kappa shape index (κ1) is 17.2. The Morgan fingerprint density at radius 3 is 2.52 bits per heavy atom. The molecule has 0 N–H and O–H groups in total. The van der Waals surface area contributed by atoms with Gasteiger partial charge in [0.1, 0.15) is 11.5 Å². The van der Waals surface area contributed by atoms with Gasteiger partial charge in [0, 0.05) is 25.9 Å². The molecular weight excluding hydrogens is 319 g/mol. The van der Waals surface area contributed by atoms with Crippen molar-refractivity contribution in [3.8, 4) is 11.1 Å². The van der Waals surface area contributed by atoms with Crippen molar-refractivity contribution in [3.05, 3.63) is 65.6 Å². The molecule has 0 amide bonds. The van der Waals surface area contributed by atoms with Gasteiger partial charge in [0.25, 0.3) is 0 Å². The third kappa shape index (κ3) is 3.73. The molecule has 4 nitrogen and oxygen atoms in total. The number of carbonyl (C=O) groups excluding carboxylic acids is 1. The highest BCUT2D eigenvalue weighted by atomic mass is 19.1. The number of benzene rings is 2. The number of nitrogens with zero attached hydrogens (tertiary/aromatic N) is 2. The van der Waals surface area contributed by atoms with Crippen molar-refractivity contribution in [1.29, 1.82) is 0 Å². The SMILES string of the molecule is CON(C)Cc1ccc2c(-c3ccc(F)cc3)cc(C(C)=O)nc2c1. The Hall–Kier alpha value is -2.63. The van der Waals surface area contributed by atoms with Crippen LogP contribution in [0.25, 0.3) is 22.0 Å². The van der Waals surface area contributed by atoms with Crippen LogP contribution in [0.4, 0.5) is 4.39 Å². The second-order valence-electron chi connectivity index (χ2n) is 5.94. The minimum absolute atomic E-state index is 0.107. The van der Waals surface area contributed by atoms with Crippen LogP contribution in [0, 0.1) is 5.82 Å². The van der Waals surface area contributed by atoms with Gasteiger partial charge in [-0.2, -0.15) is 5.06 Å². The van der Waals surface area contributed by atoms with Crippen LogP contribution in [0.5, 0.6) is 0 Å². The molecule has 1 aromatic heterocycles. The molecule has 0 fully saturated rings. The van der Waals surface area contributed by atoms with Crippen LogP contribution in [-0.4, -0.2) is 30.0 Å². The fraction of sp³-hybridized carbons (Fsp3) is 0.200. The summed E-state index contributed by atoms with van der Waals surface area (Å²) in [6.45, 7) is 2.09. The smallest absolute Gasteiger partial charge is 0.178 e. The van der Waals surface area contributed by atoms with Gasteiger partial charge < -0.3 is 4.84 Å². The van der Waals surface area contributed by atoms with Gasteiger partial charge in [0.2, 0.25) is 0 Å². The van der Waals surface area contributed by atoms with Gasteiger partial charge in [-0.15, -0.1) is 0 Å². The van der Waals surface area contributed by atoms with Crippen molar-refractivity contribution < 1.29 is 14.0 Å². The lowest BCUT2D eigenvalue weighted by atomic mass is 9.98. The number of ketones is 1. The molecule has 0 saturated heterocycles. The van der Waals surface area contributed by atoms with Crippen LogP contribution in [0.2, 0.25) is 0 Å². The predicted octanol–water partition coefficient (Wildman–Crippen LogP) is 4.24. The van der Waals surface area contributed by atoms with Gasteiger partial charge in [-0.05, 0) is 41.0 Å². The summed E-state index contributed by atoms with van der Waals surface area (Å²) in [6, 6.07) is 13.9. The molecule has 3 rings (SSSR count). The van der Waals surface area contributed by atoms with Gasteiger partial charge >= 0.3 is 0 Å². The molecule has 0 unspecified atom stereocenters. The first-order chi connectivity index (χ1) is 12.0. The molecule has 0 aliphatic rings. The monoisotopic (exact) mass is 338 g/mol. The van der Waals surface area contributed by atoms with E-state index in [1.54, 1.807) is 30.4 Å². The van der Waals surface area contributed by atoms with E-state index in [9.17, 15) is 9.18 Å². The molecule has 1 heterocycles. The number of hydroxylamine groups is 2. The van der Waals surface area contributed by atoms with Crippen LogP contribution in [0.1, 0.15) is 23.0 Å². The standard InChI is InChI=1S/C20H19FN2O2/c1-13(24)19-11-18(15-5-7-16(21)8-6-15)17-9-4-14(10-20(17)22-19)12-23(2)25-3/h4-11H,12H2,1-3H3. The number of hydrogen-bond donors (Lipinski definition) is 0. The number of hydrogen-bond acceptors (Lipinski definition) is 4. The van der Waals surface area contributed by atoms with E-state index in [1.807, 2.05) is 25.2 Å². The average molecular weight is 338 g/mol. The summed E-state index contributed by atoms with van der Waals surface area (Å²) in [7, 11) is 3.45. The van der Waals surface area contributed by atoms with Gasteiger partial charge in [-0.1, -0.05) is 24.3 Å². The first-order valence-electron chi connectivity index (χ1n) is 7.93. The topological polar surface area (TPSA) is 42.4 Å². The Morgan fingerprint density at radius 1 is 1.16 bits per heavy atom. The zero-order valence-corrected chi connectivity index (χ0v) is 14.4. The molecule has 0 radical (unpaired) electrons. The maximum atomic E-state index is 13.2. The summed E-state index contributed by atoms with van der Waals surface area (Å²) in [5, 5.41) is 2.62. The number of rotatable bonds is 5. The number of fused-ring (bicyclic) bond motifs is 1. The lowest BCUT2D eigenvalue weighted by Crippen LogP contribution is -2.15. The van der Waals surface area contributed by atoms with E-state index in [0.29, 0.717) is 12.2 Å². The molecule has 2 aromatic carbocycles. The highest BCUT2D eigenvalue weighted by molar-refractivity contribution is 6.01. The Kier molecular flexibility index (Phi) is 4.88. The fourth-order valence-corrected chi connectivity index (χ4v) is 2.74.